The van der Waals surface area contributed by atoms with Gasteiger partial charge in [-0.2, -0.15) is 4.98 Å². The zero-order valence-corrected chi connectivity index (χ0v) is 12.8. The van der Waals surface area contributed by atoms with Gasteiger partial charge in [-0.25, -0.2) is 4.98 Å². The van der Waals surface area contributed by atoms with E-state index < -0.39 is 0 Å². The number of nitrogens with zero attached hydrogens (tertiary/aromatic N) is 3. The first-order valence-corrected chi connectivity index (χ1v) is 8.01. The number of nitrogens with one attached hydrogen (secondary N) is 1. The molecule has 1 N–H and O–H groups in total. The van der Waals surface area contributed by atoms with Gasteiger partial charge in [0.1, 0.15) is 5.56 Å². The van der Waals surface area contributed by atoms with Crippen molar-refractivity contribution in [1.29, 1.82) is 0 Å². The van der Waals surface area contributed by atoms with Gasteiger partial charge in [-0.3, -0.25) is 4.79 Å². The highest BCUT2D eigenvalue weighted by atomic mass is 32.1. The summed E-state index contributed by atoms with van der Waals surface area (Å²) < 4.78 is 5.33. The Hall–Kier alpha value is -2.28. The zero-order valence-electron chi connectivity index (χ0n) is 12.0. The van der Waals surface area contributed by atoms with Crippen molar-refractivity contribution in [3.8, 4) is 22.2 Å². The van der Waals surface area contributed by atoms with Crippen LogP contribution in [-0.2, 0) is 12.8 Å². The minimum Gasteiger partial charge on any atom is -0.333 e. The Labute approximate surface area is 130 Å². The molecule has 22 heavy (non-hydrogen) atoms. The lowest BCUT2D eigenvalue weighted by Crippen LogP contribution is -2.09. The van der Waals surface area contributed by atoms with Crippen LogP contribution in [-0.4, -0.2) is 20.1 Å². The van der Waals surface area contributed by atoms with Gasteiger partial charge in [0, 0.05) is 11.1 Å². The molecule has 3 aromatic rings. The van der Waals surface area contributed by atoms with E-state index in [2.05, 4.69) is 33.1 Å². The van der Waals surface area contributed by atoms with Gasteiger partial charge in [0.05, 0.1) is 11.2 Å². The molecule has 1 unspecified atom stereocenters. The molecule has 6 nitrogen and oxygen atoms in total. The van der Waals surface area contributed by atoms with Crippen molar-refractivity contribution in [3.05, 3.63) is 39.4 Å². The SMILES string of the molecule is CC1CCc2sc(-c3nc(-c4cnc[nH]c4=O)no3)cc2C1. The molecule has 1 aliphatic carbocycles. The predicted octanol–water partition coefficient (Wildman–Crippen LogP) is 2.67. The Kier molecular flexibility index (Phi) is 3.15. The number of thiophene rings is 1. The Bertz CT molecular complexity index is 880. The third-order valence-corrected chi connectivity index (χ3v) is 5.15. The Morgan fingerprint density at radius 1 is 1.45 bits per heavy atom. The molecular weight excluding hydrogens is 300 g/mol. The Morgan fingerprint density at radius 3 is 3.23 bits per heavy atom. The molecule has 0 bridgehead atoms. The lowest BCUT2D eigenvalue weighted by atomic mass is 9.90. The quantitative estimate of drug-likeness (QED) is 0.786. The standard InChI is InChI=1S/C15H14N4O2S/c1-8-2-3-11-9(4-8)5-12(22-11)15-18-13(19-21-15)10-6-16-7-17-14(10)20/h5-8H,2-4H2,1H3,(H,16,17,20). The fourth-order valence-corrected chi connectivity index (χ4v) is 3.88. The van der Waals surface area contributed by atoms with Gasteiger partial charge in [-0.05, 0) is 36.8 Å². The van der Waals surface area contributed by atoms with Crippen LogP contribution in [0.25, 0.3) is 22.2 Å². The second-order valence-electron chi connectivity index (χ2n) is 5.62. The summed E-state index contributed by atoms with van der Waals surface area (Å²) in [4.78, 5) is 24.9. The largest absolute Gasteiger partial charge is 0.333 e. The first-order valence-electron chi connectivity index (χ1n) is 7.19. The monoisotopic (exact) mass is 314 g/mol. The van der Waals surface area contributed by atoms with Crippen LogP contribution in [0.1, 0.15) is 23.8 Å². The van der Waals surface area contributed by atoms with E-state index in [0.717, 1.165) is 23.6 Å². The van der Waals surface area contributed by atoms with E-state index in [4.69, 9.17) is 4.52 Å². The van der Waals surface area contributed by atoms with Gasteiger partial charge < -0.3 is 9.51 Å². The predicted molar refractivity (Wildman–Crippen MR) is 82.7 cm³/mol. The van der Waals surface area contributed by atoms with Crippen LogP contribution in [0.3, 0.4) is 0 Å². The van der Waals surface area contributed by atoms with Crippen molar-refractivity contribution in [1.82, 2.24) is 20.1 Å². The molecule has 112 valence electrons. The summed E-state index contributed by atoms with van der Waals surface area (Å²) in [6.07, 6.45) is 6.22. The Balaban J connectivity index is 1.71. The maximum Gasteiger partial charge on any atom is 0.268 e. The number of rotatable bonds is 2. The van der Waals surface area contributed by atoms with Gasteiger partial charge in [-0.15, -0.1) is 11.3 Å². The van der Waals surface area contributed by atoms with Gasteiger partial charge in [-0.1, -0.05) is 12.1 Å². The van der Waals surface area contributed by atoms with Crippen LogP contribution in [0, 0.1) is 5.92 Å². The molecule has 1 atom stereocenters. The molecule has 4 rings (SSSR count). The fraction of sp³-hybridized carbons (Fsp3) is 0.333. The highest BCUT2D eigenvalue weighted by molar-refractivity contribution is 7.15. The molecule has 0 fully saturated rings. The smallest absolute Gasteiger partial charge is 0.268 e. The first kappa shape index (κ1) is 13.4. The summed E-state index contributed by atoms with van der Waals surface area (Å²) in [5.41, 5.74) is 1.42. The topological polar surface area (TPSA) is 84.7 Å². The second-order valence-corrected chi connectivity index (χ2v) is 6.76. The minimum absolute atomic E-state index is 0.268. The number of aromatic amines is 1. The molecule has 1 aliphatic rings. The first-order chi connectivity index (χ1) is 10.7. The molecule has 0 spiro atoms. The lowest BCUT2D eigenvalue weighted by Gasteiger charge is -2.16. The number of H-pyrrole nitrogens is 1. The van der Waals surface area contributed by atoms with E-state index in [1.165, 1.54) is 29.4 Å². The van der Waals surface area contributed by atoms with Gasteiger partial charge in [0.15, 0.2) is 0 Å². The molecule has 0 aromatic carbocycles. The van der Waals surface area contributed by atoms with E-state index in [-0.39, 0.29) is 11.4 Å². The molecule has 0 amide bonds. The summed E-state index contributed by atoms with van der Waals surface area (Å²) in [5, 5.41) is 3.91. The van der Waals surface area contributed by atoms with Gasteiger partial charge in [0.2, 0.25) is 5.82 Å². The van der Waals surface area contributed by atoms with Crippen LogP contribution >= 0.6 is 11.3 Å². The van der Waals surface area contributed by atoms with Crippen LogP contribution in [0.5, 0.6) is 0 Å². The summed E-state index contributed by atoms with van der Waals surface area (Å²) in [6, 6.07) is 2.14. The summed E-state index contributed by atoms with van der Waals surface area (Å²) in [6.45, 7) is 2.28. The molecule has 3 aromatic heterocycles. The molecule has 0 radical (unpaired) electrons. The van der Waals surface area contributed by atoms with Crippen LogP contribution in [0.2, 0.25) is 0 Å². The number of hydrogen-bond acceptors (Lipinski definition) is 6. The molecule has 0 saturated heterocycles. The Morgan fingerprint density at radius 2 is 2.36 bits per heavy atom. The molecule has 7 heteroatoms. The van der Waals surface area contributed by atoms with Crippen molar-refractivity contribution in [2.75, 3.05) is 0 Å². The van der Waals surface area contributed by atoms with E-state index in [1.54, 1.807) is 11.3 Å². The maximum absolute atomic E-state index is 11.7. The summed E-state index contributed by atoms with van der Waals surface area (Å²) in [5.74, 6) is 1.46. The van der Waals surface area contributed by atoms with Crippen molar-refractivity contribution < 1.29 is 4.52 Å². The molecular formula is C15H14N4O2S. The zero-order chi connectivity index (χ0) is 15.1. The molecule has 0 saturated carbocycles. The van der Waals surface area contributed by atoms with Gasteiger partial charge >= 0.3 is 0 Å². The maximum atomic E-state index is 11.7. The van der Waals surface area contributed by atoms with Crippen molar-refractivity contribution >= 4 is 11.3 Å². The number of fused-ring (bicyclic) bond motifs is 1. The minimum atomic E-state index is -0.276. The van der Waals surface area contributed by atoms with E-state index >= 15 is 0 Å². The fourth-order valence-electron chi connectivity index (χ4n) is 2.75. The van der Waals surface area contributed by atoms with Gasteiger partial charge in [0.25, 0.3) is 11.4 Å². The average Bonchev–Trinajstić information content (AvgIpc) is 3.13. The number of aryl methyl sites for hydroxylation is 1. The van der Waals surface area contributed by atoms with Crippen molar-refractivity contribution in [2.24, 2.45) is 5.92 Å². The number of aromatic nitrogens is 4. The van der Waals surface area contributed by atoms with E-state index in [1.807, 2.05) is 0 Å². The number of hydrogen-bond donors (Lipinski definition) is 1. The summed E-state index contributed by atoms with van der Waals surface area (Å²) in [7, 11) is 0. The van der Waals surface area contributed by atoms with Crippen LogP contribution in [0.15, 0.2) is 27.9 Å². The third kappa shape index (κ3) is 2.27. The van der Waals surface area contributed by atoms with Crippen molar-refractivity contribution in [2.45, 2.75) is 26.2 Å². The van der Waals surface area contributed by atoms with Crippen LogP contribution in [0.4, 0.5) is 0 Å². The highest BCUT2D eigenvalue weighted by Crippen LogP contribution is 2.36. The van der Waals surface area contributed by atoms with E-state index in [0.29, 0.717) is 11.5 Å². The summed E-state index contributed by atoms with van der Waals surface area (Å²) >= 11 is 1.71. The molecule has 3 heterocycles. The van der Waals surface area contributed by atoms with E-state index in [9.17, 15) is 4.79 Å². The third-order valence-electron chi connectivity index (χ3n) is 3.93. The van der Waals surface area contributed by atoms with Crippen LogP contribution < -0.4 is 5.56 Å². The average molecular weight is 314 g/mol. The lowest BCUT2D eigenvalue weighted by molar-refractivity contribution is 0.433. The molecule has 0 aliphatic heterocycles. The van der Waals surface area contributed by atoms with Crippen molar-refractivity contribution in [3.63, 3.8) is 0 Å². The normalized spacial score (nSPS) is 17.4. The highest BCUT2D eigenvalue weighted by Gasteiger charge is 2.21. The second kappa shape index (κ2) is 5.17.